The molecule has 0 heterocycles. The molecule has 33 heavy (non-hydrogen) atoms. The van der Waals surface area contributed by atoms with E-state index in [9.17, 15) is 18.0 Å². The third-order valence-electron chi connectivity index (χ3n) is 4.98. The van der Waals surface area contributed by atoms with Crippen LogP contribution in [0.25, 0.3) is 0 Å². The number of aryl methyl sites for hydroxylation is 3. The van der Waals surface area contributed by atoms with E-state index in [0.29, 0.717) is 11.3 Å². The molecule has 0 aliphatic heterocycles. The van der Waals surface area contributed by atoms with Crippen LogP contribution in [0.5, 0.6) is 0 Å². The third kappa shape index (κ3) is 6.50. The Morgan fingerprint density at radius 1 is 0.879 bits per heavy atom. The van der Waals surface area contributed by atoms with Gasteiger partial charge in [0.1, 0.15) is 6.54 Å². The number of benzene rings is 3. The number of hydrogen-bond donors (Lipinski definition) is 2. The molecule has 1 atom stereocenters. The largest absolute Gasteiger partial charge is 0.446 e. The second-order valence-electron chi connectivity index (χ2n) is 7.73. The molecule has 3 rings (SSSR count). The number of anilines is 1. The van der Waals surface area contributed by atoms with Gasteiger partial charge in [-0.25, -0.2) is 8.42 Å². The summed E-state index contributed by atoms with van der Waals surface area (Å²) in [5, 5.41) is 2.80. The molecule has 2 N–H and O–H groups in total. The molecule has 0 saturated carbocycles. The van der Waals surface area contributed by atoms with Crippen LogP contribution in [-0.4, -0.2) is 26.8 Å². The van der Waals surface area contributed by atoms with Crippen molar-refractivity contribution in [3.05, 3.63) is 95.1 Å². The van der Waals surface area contributed by atoms with Crippen LogP contribution < -0.4 is 10.0 Å². The molecule has 1 unspecified atom stereocenters. The molecule has 3 aromatic rings. The lowest BCUT2D eigenvalue weighted by atomic mass is 10.1. The van der Waals surface area contributed by atoms with Crippen molar-refractivity contribution in [3.8, 4) is 0 Å². The number of ether oxygens (including phenoxy) is 1. The molecule has 0 aromatic heterocycles. The summed E-state index contributed by atoms with van der Waals surface area (Å²) in [6.07, 6.45) is -1.25. The molecule has 0 fully saturated rings. The molecule has 7 nitrogen and oxygen atoms in total. The molecular weight excluding hydrogens is 440 g/mol. The number of hydrogen-bond acceptors (Lipinski definition) is 5. The van der Waals surface area contributed by atoms with Crippen molar-refractivity contribution in [2.24, 2.45) is 0 Å². The van der Waals surface area contributed by atoms with Gasteiger partial charge in [0, 0.05) is 11.3 Å². The molecule has 0 aliphatic carbocycles. The highest BCUT2D eigenvalue weighted by molar-refractivity contribution is 7.89. The molecular formula is C25H26N2O5S. The second-order valence-corrected chi connectivity index (χ2v) is 9.49. The van der Waals surface area contributed by atoms with Gasteiger partial charge in [-0.15, -0.1) is 0 Å². The molecule has 0 spiro atoms. The fourth-order valence-corrected chi connectivity index (χ4v) is 4.07. The lowest BCUT2D eigenvalue weighted by Crippen LogP contribution is -2.33. The van der Waals surface area contributed by atoms with Crippen molar-refractivity contribution < 1.29 is 22.7 Å². The van der Waals surface area contributed by atoms with Crippen LogP contribution in [-0.2, 0) is 24.3 Å². The highest BCUT2D eigenvalue weighted by Gasteiger charge is 2.26. The van der Waals surface area contributed by atoms with Crippen LogP contribution in [0.3, 0.4) is 0 Å². The zero-order valence-corrected chi connectivity index (χ0v) is 19.5. The van der Waals surface area contributed by atoms with Gasteiger partial charge in [0.25, 0.3) is 5.91 Å². The van der Waals surface area contributed by atoms with Gasteiger partial charge >= 0.3 is 5.97 Å². The summed E-state index contributed by atoms with van der Waals surface area (Å²) >= 11 is 0. The molecule has 1 amide bonds. The molecule has 0 saturated heterocycles. The van der Waals surface area contributed by atoms with Gasteiger partial charge in [0.15, 0.2) is 0 Å². The van der Waals surface area contributed by atoms with E-state index < -0.39 is 34.5 Å². The van der Waals surface area contributed by atoms with Gasteiger partial charge in [-0.3, -0.25) is 9.59 Å². The van der Waals surface area contributed by atoms with E-state index in [4.69, 9.17) is 4.74 Å². The van der Waals surface area contributed by atoms with Crippen molar-refractivity contribution in [1.29, 1.82) is 0 Å². The van der Waals surface area contributed by atoms with Crippen LogP contribution in [0.15, 0.2) is 77.7 Å². The van der Waals surface area contributed by atoms with Crippen LogP contribution in [0.2, 0.25) is 0 Å². The van der Waals surface area contributed by atoms with Gasteiger partial charge in [-0.1, -0.05) is 60.2 Å². The zero-order valence-electron chi connectivity index (χ0n) is 18.7. The lowest BCUT2D eigenvalue weighted by Gasteiger charge is -2.19. The number of esters is 1. The first-order chi connectivity index (χ1) is 15.7. The van der Waals surface area contributed by atoms with Crippen LogP contribution in [0, 0.1) is 20.8 Å². The smallest absolute Gasteiger partial charge is 0.322 e. The van der Waals surface area contributed by atoms with E-state index in [1.54, 1.807) is 42.5 Å². The van der Waals surface area contributed by atoms with E-state index in [-0.39, 0.29) is 4.90 Å². The number of sulfonamides is 1. The highest BCUT2D eigenvalue weighted by atomic mass is 32.2. The number of carbonyl (C=O) groups is 2. The average Bonchev–Trinajstić information content (AvgIpc) is 2.79. The Labute approximate surface area is 193 Å². The summed E-state index contributed by atoms with van der Waals surface area (Å²) in [6.45, 7) is 4.99. The summed E-state index contributed by atoms with van der Waals surface area (Å²) in [5.41, 5.74) is 3.81. The maximum atomic E-state index is 13.0. The predicted octanol–water partition coefficient (Wildman–Crippen LogP) is 3.81. The minimum atomic E-state index is -3.90. The normalized spacial score (nSPS) is 12.1. The summed E-state index contributed by atoms with van der Waals surface area (Å²) in [5.74, 6) is -1.42. The van der Waals surface area contributed by atoms with Crippen LogP contribution in [0.1, 0.15) is 28.4 Å². The zero-order chi connectivity index (χ0) is 24.0. The minimum Gasteiger partial charge on any atom is -0.446 e. The summed E-state index contributed by atoms with van der Waals surface area (Å²) in [7, 11) is -3.90. The fraction of sp³-hybridized carbons (Fsp3) is 0.200. The van der Waals surface area contributed by atoms with Gasteiger partial charge in [0.2, 0.25) is 16.1 Å². The first-order valence-corrected chi connectivity index (χ1v) is 11.8. The van der Waals surface area contributed by atoms with E-state index in [0.717, 1.165) is 16.7 Å². The number of amides is 1. The Balaban J connectivity index is 1.73. The first-order valence-electron chi connectivity index (χ1n) is 10.3. The Kier molecular flexibility index (Phi) is 7.63. The van der Waals surface area contributed by atoms with Crippen LogP contribution in [0.4, 0.5) is 5.69 Å². The Bertz CT molecular complexity index is 1240. The van der Waals surface area contributed by atoms with E-state index in [1.807, 2.05) is 39.0 Å². The van der Waals surface area contributed by atoms with Crippen molar-refractivity contribution in [3.63, 3.8) is 0 Å². The second kappa shape index (κ2) is 10.4. The predicted molar refractivity (Wildman–Crippen MR) is 126 cm³/mol. The molecule has 172 valence electrons. The summed E-state index contributed by atoms with van der Waals surface area (Å²) < 4.78 is 32.5. The Hall–Kier alpha value is -3.49. The Morgan fingerprint density at radius 2 is 1.52 bits per heavy atom. The summed E-state index contributed by atoms with van der Waals surface area (Å²) in [4.78, 5) is 25.6. The summed E-state index contributed by atoms with van der Waals surface area (Å²) in [6, 6.07) is 20.4. The maximum Gasteiger partial charge on any atom is 0.322 e. The molecule has 8 heteroatoms. The standard InChI is InChI=1S/C25H26N2O5S/c1-17-10-13-21(14-11-17)33(30,31)26-16-23(28)32-24(20-7-5-4-6-8-20)25(29)27-22-15-18(2)9-12-19(22)3/h4-15,24,26H,16H2,1-3H3,(H,27,29). The highest BCUT2D eigenvalue weighted by Crippen LogP contribution is 2.23. The molecule has 0 aliphatic rings. The maximum absolute atomic E-state index is 13.0. The topological polar surface area (TPSA) is 102 Å². The third-order valence-corrected chi connectivity index (χ3v) is 6.40. The van der Waals surface area contributed by atoms with Crippen molar-refractivity contribution in [2.75, 3.05) is 11.9 Å². The fourth-order valence-electron chi connectivity index (χ4n) is 3.10. The van der Waals surface area contributed by atoms with Crippen molar-refractivity contribution >= 4 is 27.6 Å². The van der Waals surface area contributed by atoms with Crippen molar-refractivity contribution in [2.45, 2.75) is 31.8 Å². The monoisotopic (exact) mass is 466 g/mol. The number of rotatable bonds is 8. The van der Waals surface area contributed by atoms with Gasteiger partial charge in [0.05, 0.1) is 4.90 Å². The SMILES string of the molecule is Cc1ccc(S(=O)(=O)NCC(=O)OC(C(=O)Nc2cc(C)ccc2C)c2ccccc2)cc1. The van der Waals surface area contributed by atoms with E-state index in [1.165, 1.54) is 12.1 Å². The quantitative estimate of drug-likeness (QED) is 0.492. The van der Waals surface area contributed by atoms with Gasteiger partial charge in [-0.05, 0) is 50.1 Å². The molecule has 3 aromatic carbocycles. The Morgan fingerprint density at radius 3 is 2.18 bits per heavy atom. The average molecular weight is 467 g/mol. The lowest BCUT2D eigenvalue weighted by molar-refractivity contribution is -0.153. The molecule has 0 bridgehead atoms. The van der Waals surface area contributed by atoms with E-state index in [2.05, 4.69) is 10.0 Å². The minimum absolute atomic E-state index is 0.0353. The molecule has 0 radical (unpaired) electrons. The van der Waals surface area contributed by atoms with Gasteiger partial charge in [-0.2, -0.15) is 4.72 Å². The van der Waals surface area contributed by atoms with Gasteiger partial charge < -0.3 is 10.1 Å². The van der Waals surface area contributed by atoms with Crippen LogP contribution >= 0.6 is 0 Å². The first kappa shape index (κ1) is 24.2. The number of carbonyl (C=O) groups excluding carboxylic acids is 2. The van der Waals surface area contributed by atoms with E-state index >= 15 is 0 Å². The van der Waals surface area contributed by atoms with Crippen molar-refractivity contribution in [1.82, 2.24) is 4.72 Å². The number of nitrogens with one attached hydrogen (secondary N) is 2.